The van der Waals surface area contributed by atoms with E-state index in [-0.39, 0.29) is 11.5 Å². The monoisotopic (exact) mass is 286 g/mol. The lowest BCUT2D eigenvalue weighted by Crippen LogP contribution is -2.46. The van der Waals surface area contributed by atoms with Crippen LogP contribution < -0.4 is 0 Å². The normalized spacial score (nSPS) is 44.8. The average molecular weight is 286 g/mol. The van der Waals surface area contributed by atoms with Crippen LogP contribution in [0.4, 0.5) is 0 Å². The molecular weight excluding hydrogens is 260 g/mol. The molecule has 114 valence electrons. The van der Waals surface area contributed by atoms with Crippen molar-refractivity contribution in [2.24, 2.45) is 23.2 Å². The zero-order valence-electron chi connectivity index (χ0n) is 13.0. The molecule has 2 saturated carbocycles. The molecule has 2 N–H and O–H groups in total. The molecule has 0 aromatic heterocycles. The highest BCUT2D eigenvalue weighted by molar-refractivity contribution is 5.40. The Hall–Kier alpha value is -1.02. The van der Waals surface area contributed by atoms with Gasteiger partial charge in [0.2, 0.25) is 0 Å². The maximum Gasteiger partial charge on any atom is 0.115 e. The number of phenols is 1. The number of benzene rings is 1. The molecule has 0 radical (unpaired) electrons. The first-order chi connectivity index (χ1) is 10.0. The van der Waals surface area contributed by atoms with E-state index in [9.17, 15) is 10.2 Å². The van der Waals surface area contributed by atoms with Crippen LogP contribution in [-0.2, 0) is 6.42 Å². The number of aliphatic hydroxyl groups is 1. The van der Waals surface area contributed by atoms with Crippen molar-refractivity contribution in [3.63, 3.8) is 0 Å². The lowest BCUT2D eigenvalue weighted by Gasteiger charge is -2.52. The van der Waals surface area contributed by atoms with Crippen molar-refractivity contribution in [1.29, 1.82) is 0 Å². The molecule has 2 fully saturated rings. The summed E-state index contributed by atoms with van der Waals surface area (Å²) >= 11 is 0. The first-order valence-corrected chi connectivity index (χ1v) is 8.50. The predicted octanol–water partition coefficient (Wildman–Crippen LogP) is 3.86. The third-order valence-corrected chi connectivity index (χ3v) is 7.01. The highest BCUT2D eigenvalue weighted by Crippen LogP contribution is 2.62. The SMILES string of the molecule is CC1Cc2cc(O)ccc2C2CC[C@@]3(C)C(CC[C@@H]3O)C12. The van der Waals surface area contributed by atoms with Gasteiger partial charge in [0, 0.05) is 0 Å². The zero-order valence-corrected chi connectivity index (χ0v) is 13.0. The minimum Gasteiger partial charge on any atom is -0.508 e. The van der Waals surface area contributed by atoms with Gasteiger partial charge in [-0.3, -0.25) is 0 Å². The average Bonchev–Trinajstić information content (AvgIpc) is 2.74. The molecule has 3 aliphatic carbocycles. The van der Waals surface area contributed by atoms with Crippen molar-refractivity contribution in [3.8, 4) is 5.75 Å². The van der Waals surface area contributed by atoms with Crippen molar-refractivity contribution in [1.82, 2.24) is 0 Å². The van der Waals surface area contributed by atoms with Crippen LogP contribution in [0.25, 0.3) is 0 Å². The Labute approximate surface area is 127 Å². The van der Waals surface area contributed by atoms with Crippen LogP contribution in [0.5, 0.6) is 5.75 Å². The second-order valence-electron chi connectivity index (χ2n) is 7.99. The van der Waals surface area contributed by atoms with E-state index >= 15 is 0 Å². The fourth-order valence-corrected chi connectivity index (χ4v) is 5.94. The molecular formula is C19H26O2. The van der Waals surface area contributed by atoms with Crippen LogP contribution in [-0.4, -0.2) is 16.3 Å². The van der Waals surface area contributed by atoms with Gasteiger partial charge in [-0.25, -0.2) is 0 Å². The molecule has 4 unspecified atom stereocenters. The molecule has 2 heteroatoms. The fourth-order valence-electron chi connectivity index (χ4n) is 5.94. The van der Waals surface area contributed by atoms with Crippen molar-refractivity contribution in [2.75, 3.05) is 0 Å². The molecule has 2 nitrogen and oxygen atoms in total. The molecule has 0 aliphatic heterocycles. The van der Waals surface area contributed by atoms with Gasteiger partial charge >= 0.3 is 0 Å². The van der Waals surface area contributed by atoms with Gasteiger partial charge < -0.3 is 10.2 Å². The predicted molar refractivity (Wildman–Crippen MR) is 83.3 cm³/mol. The number of rotatable bonds is 0. The summed E-state index contributed by atoms with van der Waals surface area (Å²) in [4.78, 5) is 0. The van der Waals surface area contributed by atoms with E-state index in [1.54, 1.807) is 0 Å². The van der Waals surface area contributed by atoms with E-state index in [1.165, 1.54) is 24.0 Å². The van der Waals surface area contributed by atoms with Gasteiger partial charge in [0.05, 0.1) is 6.10 Å². The number of phenolic OH excluding ortho intramolecular Hbond substituents is 1. The van der Waals surface area contributed by atoms with Gasteiger partial charge in [-0.15, -0.1) is 0 Å². The third-order valence-electron chi connectivity index (χ3n) is 7.01. The lowest BCUT2D eigenvalue weighted by molar-refractivity contribution is -0.0356. The molecule has 3 aliphatic rings. The van der Waals surface area contributed by atoms with E-state index in [0.29, 0.717) is 29.4 Å². The Morgan fingerprint density at radius 1 is 1.19 bits per heavy atom. The van der Waals surface area contributed by atoms with E-state index in [4.69, 9.17) is 0 Å². The van der Waals surface area contributed by atoms with Gasteiger partial charge in [-0.1, -0.05) is 19.9 Å². The zero-order chi connectivity index (χ0) is 14.8. The third kappa shape index (κ3) is 1.81. The van der Waals surface area contributed by atoms with Crippen molar-refractivity contribution in [2.45, 2.75) is 58.0 Å². The second kappa shape index (κ2) is 4.49. The summed E-state index contributed by atoms with van der Waals surface area (Å²) in [6.07, 6.45) is 5.49. The van der Waals surface area contributed by atoms with E-state index in [0.717, 1.165) is 19.3 Å². The first-order valence-electron chi connectivity index (χ1n) is 8.50. The topological polar surface area (TPSA) is 40.5 Å². The van der Waals surface area contributed by atoms with Gasteiger partial charge in [0.15, 0.2) is 0 Å². The van der Waals surface area contributed by atoms with Gasteiger partial charge in [-0.05, 0) is 84.5 Å². The molecule has 0 amide bonds. The Balaban J connectivity index is 1.76. The first kappa shape index (κ1) is 13.6. The summed E-state index contributed by atoms with van der Waals surface area (Å²) in [7, 11) is 0. The quantitative estimate of drug-likeness (QED) is 0.760. The molecule has 0 saturated heterocycles. The summed E-state index contributed by atoms with van der Waals surface area (Å²) in [5, 5.41) is 20.2. The summed E-state index contributed by atoms with van der Waals surface area (Å²) in [5.41, 5.74) is 2.97. The Morgan fingerprint density at radius 3 is 2.81 bits per heavy atom. The van der Waals surface area contributed by atoms with Crippen LogP contribution in [0, 0.1) is 23.2 Å². The fraction of sp³-hybridized carbons (Fsp3) is 0.684. The summed E-state index contributed by atoms with van der Waals surface area (Å²) in [6.45, 7) is 4.70. The van der Waals surface area contributed by atoms with Crippen molar-refractivity contribution >= 4 is 0 Å². The summed E-state index contributed by atoms with van der Waals surface area (Å²) in [5.74, 6) is 3.06. The van der Waals surface area contributed by atoms with Crippen LogP contribution >= 0.6 is 0 Å². The van der Waals surface area contributed by atoms with Crippen LogP contribution in [0.3, 0.4) is 0 Å². The molecule has 6 atom stereocenters. The maximum absolute atomic E-state index is 10.5. The maximum atomic E-state index is 10.5. The van der Waals surface area contributed by atoms with Crippen molar-refractivity contribution in [3.05, 3.63) is 29.3 Å². The summed E-state index contributed by atoms with van der Waals surface area (Å²) in [6, 6.07) is 5.98. The Kier molecular flexibility index (Phi) is 2.91. The highest BCUT2D eigenvalue weighted by atomic mass is 16.3. The number of hydrogen-bond donors (Lipinski definition) is 2. The van der Waals surface area contributed by atoms with E-state index in [2.05, 4.69) is 19.9 Å². The smallest absolute Gasteiger partial charge is 0.115 e. The largest absolute Gasteiger partial charge is 0.508 e. The standard InChI is InChI=1S/C19H26O2/c1-11-9-12-10-13(20)3-4-14(12)15-7-8-19(2)16(18(11)15)5-6-17(19)21/h3-4,10-11,15-18,20-21H,5-9H2,1-2H3/t11?,15?,16?,17-,18?,19-/m0/s1. The molecule has 4 rings (SSSR count). The van der Waals surface area contributed by atoms with Crippen LogP contribution in [0.2, 0.25) is 0 Å². The van der Waals surface area contributed by atoms with E-state index in [1.807, 2.05) is 12.1 Å². The van der Waals surface area contributed by atoms with Crippen molar-refractivity contribution < 1.29 is 10.2 Å². The van der Waals surface area contributed by atoms with Gasteiger partial charge in [0.1, 0.15) is 5.75 Å². The minimum absolute atomic E-state index is 0.100. The number of hydrogen-bond acceptors (Lipinski definition) is 2. The molecule has 1 aromatic carbocycles. The van der Waals surface area contributed by atoms with Gasteiger partial charge in [-0.2, -0.15) is 0 Å². The molecule has 0 bridgehead atoms. The minimum atomic E-state index is -0.100. The Bertz CT molecular complexity index is 567. The second-order valence-corrected chi connectivity index (χ2v) is 7.99. The molecule has 21 heavy (non-hydrogen) atoms. The molecule has 0 spiro atoms. The van der Waals surface area contributed by atoms with E-state index < -0.39 is 0 Å². The number of fused-ring (bicyclic) bond motifs is 5. The summed E-state index contributed by atoms with van der Waals surface area (Å²) < 4.78 is 0. The molecule has 1 aromatic rings. The number of aliphatic hydroxyl groups excluding tert-OH is 1. The Morgan fingerprint density at radius 2 is 2.00 bits per heavy atom. The van der Waals surface area contributed by atoms with Crippen LogP contribution in [0.15, 0.2) is 18.2 Å². The van der Waals surface area contributed by atoms with Crippen LogP contribution in [0.1, 0.15) is 56.6 Å². The highest BCUT2D eigenvalue weighted by Gasteiger charge is 2.55. The lowest BCUT2D eigenvalue weighted by atomic mass is 9.53. The van der Waals surface area contributed by atoms with Gasteiger partial charge in [0.25, 0.3) is 0 Å². The molecule has 0 heterocycles. The number of aromatic hydroxyl groups is 1.